The van der Waals surface area contributed by atoms with E-state index in [2.05, 4.69) is 12.1 Å². The van der Waals surface area contributed by atoms with Crippen LogP contribution in [0.3, 0.4) is 0 Å². The maximum absolute atomic E-state index is 12.9. The highest BCUT2D eigenvalue weighted by molar-refractivity contribution is 5.86. The van der Waals surface area contributed by atoms with Crippen molar-refractivity contribution in [1.82, 2.24) is 9.80 Å². The van der Waals surface area contributed by atoms with Crippen molar-refractivity contribution in [1.29, 1.82) is 0 Å². The van der Waals surface area contributed by atoms with E-state index in [9.17, 15) is 9.59 Å². The molecular weight excluding hydrogens is 300 g/mol. The first-order chi connectivity index (χ1) is 11.7. The van der Waals surface area contributed by atoms with Crippen LogP contribution in [-0.2, 0) is 16.1 Å². The van der Waals surface area contributed by atoms with Gasteiger partial charge >= 0.3 is 0 Å². The molecule has 4 heteroatoms. The van der Waals surface area contributed by atoms with E-state index < -0.39 is 0 Å². The van der Waals surface area contributed by atoms with Gasteiger partial charge in [-0.25, -0.2) is 0 Å². The Morgan fingerprint density at radius 2 is 1.67 bits per heavy atom. The Kier molecular flexibility index (Phi) is 5.89. The summed E-state index contributed by atoms with van der Waals surface area (Å²) in [4.78, 5) is 29.4. The number of rotatable bonds is 4. The maximum atomic E-state index is 12.9. The lowest BCUT2D eigenvalue weighted by Crippen LogP contribution is -2.40. The Labute approximate surface area is 144 Å². The lowest BCUT2D eigenvalue weighted by atomic mass is 9.97. The zero-order valence-electron chi connectivity index (χ0n) is 14.5. The van der Waals surface area contributed by atoms with Crippen LogP contribution in [0.1, 0.15) is 50.5 Å². The molecule has 24 heavy (non-hydrogen) atoms. The molecule has 1 aromatic rings. The number of carbonyl (C=O) groups excluding carboxylic acids is 2. The number of amides is 2. The van der Waals surface area contributed by atoms with E-state index in [4.69, 9.17) is 0 Å². The quantitative estimate of drug-likeness (QED) is 0.851. The van der Waals surface area contributed by atoms with Crippen LogP contribution in [0.25, 0.3) is 0 Å². The predicted molar refractivity (Wildman–Crippen MR) is 94.2 cm³/mol. The Hall–Kier alpha value is -1.84. The minimum absolute atomic E-state index is 0.134. The average Bonchev–Trinajstić information content (AvgIpc) is 2.79. The third-order valence-corrected chi connectivity index (χ3v) is 5.24. The Morgan fingerprint density at radius 1 is 0.958 bits per heavy atom. The molecular formula is C20H28N2O2. The topological polar surface area (TPSA) is 40.6 Å². The number of hydrogen-bond acceptors (Lipinski definition) is 2. The van der Waals surface area contributed by atoms with Gasteiger partial charge < -0.3 is 9.80 Å². The van der Waals surface area contributed by atoms with Gasteiger partial charge in [-0.15, -0.1) is 0 Å². The van der Waals surface area contributed by atoms with Crippen LogP contribution in [-0.4, -0.2) is 41.2 Å². The van der Waals surface area contributed by atoms with Crippen molar-refractivity contribution in [2.75, 3.05) is 19.6 Å². The van der Waals surface area contributed by atoms with Crippen molar-refractivity contribution >= 4 is 11.8 Å². The summed E-state index contributed by atoms with van der Waals surface area (Å²) in [6, 6.07) is 10.1. The first-order valence-electron chi connectivity index (χ1n) is 9.34. The molecule has 0 spiro atoms. The molecule has 0 bridgehead atoms. The lowest BCUT2D eigenvalue weighted by Gasteiger charge is -2.29. The van der Waals surface area contributed by atoms with Crippen molar-refractivity contribution in [2.24, 2.45) is 5.92 Å². The number of benzene rings is 1. The third kappa shape index (κ3) is 4.37. The molecule has 2 heterocycles. The van der Waals surface area contributed by atoms with Crippen molar-refractivity contribution < 1.29 is 9.59 Å². The fraction of sp³-hybridized carbons (Fsp3) is 0.600. The van der Waals surface area contributed by atoms with Crippen molar-refractivity contribution in [3.05, 3.63) is 35.9 Å². The van der Waals surface area contributed by atoms with Gasteiger partial charge in [-0.2, -0.15) is 0 Å². The van der Waals surface area contributed by atoms with Crippen molar-refractivity contribution in [2.45, 2.75) is 51.5 Å². The minimum Gasteiger partial charge on any atom is -0.343 e. The highest BCUT2D eigenvalue weighted by Gasteiger charge is 2.30. The number of piperidine rings is 1. The molecule has 130 valence electrons. The summed E-state index contributed by atoms with van der Waals surface area (Å²) < 4.78 is 0. The van der Waals surface area contributed by atoms with E-state index in [0.29, 0.717) is 13.0 Å². The summed E-state index contributed by atoms with van der Waals surface area (Å²) in [5.41, 5.74) is 1.16. The molecule has 2 aliphatic heterocycles. The van der Waals surface area contributed by atoms with Gasteiger partial charge in [-0.3, -0.25) is 9.59 Å². The van der Waals surface area contributed by atoms with Gasteiger partial charge in [0.1, 0.15) is 0 Å². The summed E-state index contributed by atoms with van der Waals surface area (Å²) in [6.45, 7) is 3.21. The standard InChI is InChI=1S/C20H28N2O2/c23-19(21-12-6-2-7-13-21)15-18-11-5-8-14-22(20(18)24)16-17-9-3-1-4-10-17/h1,3-4,9-10,18H,2,5-8,11-16H2. The second kappa shape index (κ2) is 8.32. The van der Waals surface area contributed by atoms with Gasteiger partial charge in [-0.1, -0.05) is 36.8 Å². The Balaban J connectivity index is 1.61. The summed E-state index contributed by atoms with van der Waals surface area (Å²) in [6.07, 6.45) is 6.74. The molecule has 0 radical (unpaired) electrons. The predicted octanol–water partition coefficient (Wildman–Crippen LogP) is 3.22. The number of nitrogens with zero attached hydrogens (tertiary/aromatic N) is 2. The first kappa shape index (κ1) is 17.0. The summed E-state index contributed by atoms with van der Waals surface area (Å²) in [5.74, 6) is 0.210. The molecule has 0 N–H and O–H groups in total. The van der Waals surface area contributed by atoms with E-state index in [1.54, 1.807) is 0 Å². The summed E-state index contributed by atoms with van der Waals surface area (Å²) in [7, 11) is 0. The molecule has 2 amide bonds. The van der Waals surface area contributed by atoms with Crippen LogP contribution in [0, 0.1) is 5.92 Å². The van der Waals surface area contributed by atoms with Crippen molar-refractivity contribution in [3.8, 4) is 0 Å². The van der Waals surface area contributed by atoms with Crippen LogP contribution < -0.4 is 0 Å². The van der Waals surface area contributed by atoms with E-state index >= 15 is 0 Å². The van der Waals surface area contributed by atoms with E-state index in [0.717, 1.165) is 57.3 Å². The fourth-order valence-corrected chi connectivity index (χ4v) is 3.82. The fourth-order valence-electron chi connectivity index (χ4n) is 3.82. The number of likely N-dealkylation sites (tertiary alicyclic amines) is 2. The number of hydrogen-bond donors (Lipinski definition) is 0. The molecule has 2 fully saturated rings. The molecule has 1 unspecified atom stereocenters. The van der Waals surface area contributed by atoms with Gasteiger partial charge in [0.25, 0.3) is 0 Å². The smallest absolute Gasteiger partial charge is 0.226 e. The van der Waals surface area contributed by atoms with E-state index in [1.807, 2.05) is 28.0 Å². The largest absolute Gasteiger partial charge is 0.343 e. The normalized spacial score (nSPS) is 22.3. The minimum atomic E-state index is -0.134. The van der Waals surface area contributed by atoms with Gasteiger partial charge in [0.05, 0.1) is 0 Å². The van der Waals surface area contributed by atoms with Crippen LogP contribution in [0.15, 0.2) is 30.3 Å². The first-order valence-corrected chi connectivity index (χ1v) is 9.34. The summed E-state index contributed by atoms with van der Waals surface area (Å²) >= 11 is 0. The zero-order valence-corrected chi connectivity index (χ0v) is 14.5. The van der Waals surface area contributed by atoms with Crippen molar-refractivity contribution in [3.63, 3.8) is 0 Å². The Morgan fingerprint density at radius 3 is 2.42 bits per heavy atom. The van der Waals surface area contributed by atoms with Gasteiger partial charge in [0.2, 0.25) is 11.8 Å². The van der Waals surface area contributed by atoms with E-state index in [1.165, 1.54) is 6.42 Å². The molecule has 1 atom stereocenters. The second-order valence-corrected chi connectivity index (χ2v) is 7.08. The van der Waals surface area contributed by atoms with Crippen LogP contribution in [0.2, 0.25) is 0 Å². The van der Waals surface area contributed by atoms with Crippen LogP contribution in [0.4, 0.5) is 0 Å². The molecule has 1 aromatic carbocycles. The maximum Gasteiger partial charge on any atom is 0.226 e. The Bertz CT molecular complexity index is 552. The zero-order chi connectivity index (χ0) is 16.8. The molecule has 2 saturated heterocycles. The highest BCUT2D eigenvalue weighted by atomic mass is 16.2. The van der Waals surface area contributed by atoms with E-state index in [-0.39, 0.29) is 17.7 Å². The van der Waals surface area contributed by atoms with Gasteiger partial charge in [-0.05, 0) is 37.7 Å². The molecule has 2 aliphatic rings. The monoisotopic (exact) mass is 328 g/mol. The molecule has 3 rings (SSSR count). The molecule has 4 nitrogen and oxygen atoms in total. The second-order valence-electron chi connectivity index (χ2n) is 7.08. The highest BCUT2D eigenvalue weighted by Crippen LogP contribution is 2.24. The van der Waals surface area contributed by atoms with Gasteiger partial charge in [0, 0.05) is 38.5 Å². The average molecular weight is 328 g/mol. The lowest BCUT2D eigenvalue weighted by molar-refractivity contribution is -0.141. The molecule has 0 saturated carbocycles. The summed E-state index contributed by atoms with van der Waals surface area (Å²) in [5, 5.41) is 0. The van der Waals surface area contributed by atoms with Gasteiger partial charge in [0.15, 0.2) is 0 Å². The van der Waals surface area contributed by atoms with Crippen LogP contribution in [0.5, 0.6) is 0 Å². The third-order valence-electron chi connectivity index (χ3n) is 5.24. The SMILES string of the molecule is O=C(CC1CCCCN(Cc2ccccc2)C1=O)N1CCCCC1. The molecule has 0 aliphatic carbocycles. The van der Waals surface area contributed by atoms with Crippen LogP contribution >= 0.6 is 0 Å². The number of carbonyl (C=O) groups is 2. The molecule has 0 aromatic heterocycles.